The molecule has 0 aliphatic heterocycles. The average Bonchev–Trinajstić information content (AvgIpc) is 3.29. The molecule has 0 atom stereocenters. The van der Waals surface area contributed by atoms with Gasteiger partial charge in [-0.05, 0) is 38.5 Å². The molecular formula is C18H20N8O. The fourth-order valence-corrected chi connectivity index (χ4v) is 2.79. The van der Waals surface area contributed by atoms with Crippen molar-refractivity contribution in [1.82, 2.24) is 34.3 Å². The molecule has 27 heavy (non-hydrogen) atoms. The first kappa shape index (κ1) is 17.0. The smallest absolute Gasteiger partial charge is 0.263 e. The first-order valence-electron chi connectivity index (χ1n) is 8.57. The number of anilines is 1. The highest BCUT2D eigenvalue weighted by Gasteiger charge is 2.19. The second kappa shape index (κ2) is 6.35. The van der Waals surface area contributed by atoms with Gasteiger partial charge in [0.1, 0.15) is 17.5 Å². The normalized spacial score (nSPS) is 11.8. The summed E-state index contributed by atoms with van der Waals surface area (Å²) in [6.07, 6.45) is 8.52. The van der Waals surface area contributed by atoms with Gasteiger partial charge in [-0.25, -0.2) is 14.6 Å². The molecule has 0 unspecified atom stereocenters. The summed E-state index contributed by atoms with van der Waals surface area (Å²) in [6.45, 7) is 6.54. The van der Waals surface area contributed by atoms with Crippen molar-refractivity contribution in [1.29, 1.82) is 0 Å². The Labute approximate surface area is 155 Å². The fraction of sp³-hybridized carbons (Fsp3) is 0.278. The second-order valence-corrected chi connectivity index (χ2v) is 7.22. The van der Waals surface area contributed by atoms with Crippen molar-refractivity contribution in [2.24, 2.45) is 0 Å². The molecule has 0 aromatic carbocycles. The van der Waals surface area contributed by atoms with Gasteiger partial charge in [0.15, 0.2) is 5.65 Å². The van der Waals surface area contributed by atoms with Crippen molar-refractivity contribution in [2.75, 3.05) is 5.32 Å². The number of aromatic amines is 1. The molecule has 0 aliphatic rings. The van der Waals surface area contributed by atoms with Gasteiger partial charge < -0.3 is 5.32 Å². The Kier molecular flexibility index (Phi) is 3.98. The number of hydrogen-bond acceptors (Lipinski definition) is 6. The van der Waals surface area contributed by atoms with Crippen LogP contribution in [0, 0.1) is 0 Å². The van der Waals surface area contributed by atoms with E-state index >= 15 is 0 Å². The number of fused-ring (bicyclic) bond motifs is 1. The molecule has 0 saturated carbocycles. The van der Waals surface area contributed by atoms with Crippen LogP contribution < -0.4 is 10.9 Å². The van der Waals surface area contributed by atoms with Crippen LogP contribution in [0.3, 0.4) is 0 Å². The fourth-order valence-electron chi connectivity index (χ4n) is 2.79. The van der Waals surface area contributed by atoms with E-state index in [0.717, 1.165) is 11.4 Å². The van der Waals surface area contributed by atoms with Gasteiger partial charge in [-0.1, -0.05) is 0 Å². The van der Waals surface area contributed by atoms with Gasteiger partial charge in [-0.15, -0.1) is 0 Å². The zero-order valence-electron chi connectivity index (χ0n) is 15.3. The Morgan fingerprint density at radius 2 is 2.11 bits per heavy atom. The molecule has 0 spiro atoms. The van der Waals surface area contributed by atoms with Crippen LogP contribution in [0.25, 0.3) is 16.9 Å². The number of hydrogen-bond donors (Lipinski definition) is 2. The van der Waals surface area contributed by atoms with Gasteiger partial charge in [0.2, 0.25) is 5.95 Å². The predicted octanol–water partition coefficient (Wildman–Crippen LogP) is 2.07. The van der Waals surface area contributed by atoms with Crippen LogP contribution in [-0.4, -0.2) is 34.3 Å². The molecule has 4 aromatic heterocycles. The van der Waals surface area contributed by atoms with Crippen molar-refractivity contribution < 1.29 is 0 Å². The number of H-pyrrole nitrogens is 1. The number of pyridine rings is 1. The Morgan fingerprint density at radius 1 is 1.26 bits per heavy atom. The standard InChI is InChI=1S/C18H20N8O/c1-18(2,3)26-15-13(10-22-26)16(27)24-17(23-15)21-9-12-4-5-20-14(8-12)25-7-6-19-11-25/h4-8,10-11H,9H2,1-3H3,(H2,21,23,24,27). The third kappa shape index (κ3) is 3.31. The third-order valence-corrected chi connectivity index (χ3v) is 4.11. The minimum Gasteiger partial charge on any atom is -0.352 e. The van der Waals surface area contributed by atoms with E-state index in [1.165, 1.54) is 0 Å². The molecule has 0 saturated heterocycles. The predicted molar refractivity (Wildman–Crippen MR) is 102 cm³/mol. The zero-order chi connectivity index (χ0) is 19.0. The molecule has 9 heteroatoms. The summed E-state index contributed by atoms with van der Waals surface area (Å²) in [5.41, 5.74) is 1.07. The summed E-state index contributed by atoms with van der Waals surface area (Å²) in [5, 5.41) is 7.96. The highest BCUT2D eigenvalue weighted by Crippen LogP contribution is 2.19. The van der Waals surface area contributed by atoms with E-state index in [4.69, 9.17) is 0 Å². The number of nitrogens with one attached hydrogen (secondary N) is 2. The number of nitrogens with zero attached hydrogens (tertiary/aromatic N) is 6. The monoisotopic (exact) mass is 364 g/mol. The molecular weight excluding hydrogens is 344 g/mol. The summed E-state index contributed by atoms with van der Waals surface area (Å²) in [5.74, 6) is 1.18. The molecule has 4 heterocycles. The summed E-state index contributed by atoms with van der Waals surface area (Å²) in [6, 6.07) is 3.86. The molecule has 0 amide bonds. The maximum Gasteiger partial charge on any atom is 0.263 e. The first-order valence-corrected chi connectivity index (χ1v) is 8.57. The van der Waals surface area contributed by atoms with Crippen molar-refractivity contribution >= 4 is 17.0 Å². The lowest BCUT2D eigenvalue weighted by Crippen LogP contribution is -2.24. The van der Waals surface area contributed by atoms with Gasteiger partial charge in [-0.2, -0.15) is 10.1 Å². The van der Waals surface area contributed by atoms with E-state index in [9.17, 15) is 4.79 Å². The Balaban J connectivity index is 1.61. The Morgan fingerprint density at radius 3 is 2.85 bits per heavy atom. The Bertz CT molecular complexity index is 1130. The van der Waals surface area contributed by atoms with E-state index in [1.807, 2.05) is 43.7 Å². The maximum absolute atomic E-state index is 12.4. The maximum atomic E-state index is 12.4. The van der Waals surface area contributed by atoms with Gasteiger partial charge in [0, 0.05) is 25.1 Å². The number of imidazole rings is 1. The quantitative estimate of drug-likeness (QED) is 0.574. The minimum absolute atomic E-state index is 0.216. The highest BCUT2D eigenvalue weighted by molar-refractivity contribution is 5.74. The van der Waals surface area contributed by atoms with E-state index < -0.39 is 0 Å². The molecule has 4 aromatic rings. The zero-order valence-corrected chi connectivity index (χ0v) is 15.3. The number of aromatic nitrogens is 7. The van der Waals surface area contributed by atoms with Crippen molar-refractivity contribution in [3.63, 3.8) is 0 Å². The van der Waals surface area contributed by atoms with Crippen molar-refractivity contribution in [3.8, 4) is 5.82 Å². The van der Waals surface area contributed by atoms with Gasteiger partial charge in [-0.3, -0.25) is 14.3 Å². The Hall–Kier alpha value is -3.49. The van der Waals surface area contributed by atoms with E-state index in [-0.39, 0.29) is 11.1 Å². The summed E-state index contributed by atoms with van der Waals surface area (Å²) >= 11 is 0. The summed E-state index contributed by atoms with van der Waals surface area (Å²) in [4.78, 5) is 28.0. The summed E-state index contributed by atoms with van der Waals surface area (Å²) in [7, 11) is 0. The average molecular weight is 364 g/mol. The molecule has 138 valence electrons. The molecule has 4 rings (SSSR count). The van der Waals surface area contributed by atoms with Crippen LogP contribution in [0.5, 0.6) is 0 Å². The van der Waals surface area contributed by atoms with Crippen LogP contribution in [0.2, 0.25) is 0 Å². The lowest BCUT2D eigenvalue weighted by Gasteiger charge is -2.19. The minimum atomic E-state index is -0.273. The largest absolute Gasteiger partial charge is 0.352 e. The molecule has 0 bridgehead atoms. The van der Waals surface area contributed by atoms with Crippen molar-refractivity contribution in [2.45, 2.75) is 32.9 Å². The van der Waals surface area contributed by atoms with E-state index in [2.05, 4.69) is 30.4 Å². The second-order valence-electron chi connectivity index (χ2n) is 7.22. The van der Waals surface area contributed by atoms with Crippen LogP contribution in [0.1, 0.15) is 26.3 Å². The molecule has 0 fully saturated rings. The molecule has 9 nitrogen and oxygen atoms in total. The van der Waals surface area contributed by atoms with Crippen LogP contribution >= 0.6 is 0 Å². The van der Waals surface area contributed by atoms with E-state index in [1.54, 1.807) is 29.6 Å². The van der Waals surface area contributed by atoms with Gasteiger partial charge in [0.05, 0.1) is 11.7 Å². The lowest BCUT2D eigenvalue weighted by molar-refractivity contribution is 0.366. The molecule has 2 N–H and O–H groups in total. The third-order valence-electron chi connectivity index (χ3n) is 4.11. The topological polar surface area (TPSA) is 106 Å². The van der Waals surface area contributed by atoms with E-state index in [0.29, 0.717) is 23.5 Å². The first-order chi connectivity index (χ1) is 12.9. The van der Waals surface area contributed by atoms with Crippen LogP contribution in [0.15, 0.2) is 48.0 Å². The lowest BCUT2D eigenvalue weighted by atomic mass is 10.1. The number of rotatable bonds is 4. The van der Waals surface area contributed by atoms with Crippen molar-refractivity contribution in [3.05, 3.63) is 59.2 Å². The van der Waals surface area contributed by atoms with Crippen LogP contribution in [-0.2, 0) is 12.1 Å². The molecule has 0 aliphatic carbocycles. The highest BCUT2D eigenvalue weighted by atomic mass is 16.1. The SMILES string of the molecule is CC(C)(C)n1ncc2c(=O)[nH]c(NCc3ccnc(-n4ccnc4)c3)nc21. The van der Waals surface area contributed by atoms with Crippen LogP contribution in [0.4, 0.5) is 5.95 Å². The molecule has 0 radical (unpaired) electrons. The van der Waals surface area contributed by atoms with Gasteiger partial charge in [0.25, 0.3) is 5.56 Å². The van der Waals surface area contributed by atoms with Gasteiger partial charge >= 0.3 is 0 Å². The summed E-state index contributed by atoms with van der Waals surface area (Å²) < 4.78 is 3.59.